The van der Waals surface area contributed by atoms with E-state index in [-0.39, 0.29) is 31.1 Å². The summed E-state index contributed by atoms with van der Waals surface area (Å²) in [5, 5.41) is 0. The second-order valence-corrected chi connectivity index (χ2v) is 21.3. The van der Waals surface area contributed by atoms with Gasteiger partial charge in [0.15, 0.2) is 6.10 Å². The van der Waals surface area contributed by atoms with Crippen LogP contribution in [0.25, 0.3) is 0 Å². The molecule has 0 amide bonds. The van der Waals surface area contributed by atoms with Crippen molar-refractivity contribution >= 4 is 17.9 Å². The lowest BCUT2D eigenvalue weighted by molar-refractivity contribution is -0.167. The molecule has 0 aliphatic heterocycles. The standard InChI is InChI=1S/C74H120O6/c1-4-7-10-13-16-19-22-25-28-30-31-32-33-34-35-36-37-38-39-40-41-42-43-45-46-49-52-55-58-61-64-67-73(76)79-70-71(69-78-72(75)66-63-60-57-54-51-48-27-24-21-18-15-12-9-6-3)80-74(77)68-65-62-59-56-53-50-47-44-29-26-23-20-17-14-11-8-5-2/h7,10,15-20,24-29,31-32,34-35,37-38,40-41,43,45,71H,4-6,8-9,11-14,21-23,30,33,36,39,42,44,46-70H2,1-3H3/b10-7-,18-15-,19-16-,20-17-,27-24-,28-25-,29-26-,32-31-,35-34-,38-37-,41-40-,45-43-. The second kappa shape index (κ2) is 66.8. The number of hydrogen-bond donors (Lipinski definition) is 0. The van der Waals surface area contributed by atoms with Crippen molar-refractivity contribution in [3.05, 3.63) is 146 Å². The molecule has 452 valence electrons. The van der Waals surface area contributed by atoms with Crippen LogP contribution >= 0.6 is 0 Å². The molecule has 0 aromatic heterocycles. The number of esters is 3. The van der Waals surface area contributed by atoms with Crippen molar-refractivity contribution in [1.29, 1.82) is 0 Å². The van der Waals surface area contributed by atoms with Gasteiger partial charge in [0.1, 0.15) is 13.2 Å². The van der Waals surface area contributed by atoms with Crippen molar-refractivity contribution in [3.63, 3.8) is 0 Å². The molecule has 0 aromatic carbocycles. The van der Waals surface area contributed by atoms with Gasteiger partial charge in [0, 0.05) is 19.3 Å². The predicted octanol–water partition coefficient (Wildman–Crippen LogP) is 22.7. The molecule has 0 fully saturated rings. The maximum absolute atomic E-state index is 12.9. The molecule has 0 saturated carbocycles. The number of rotatable bonds is 58. The Morgan fingerprint density at radius 2 is 0.500 bits per heavy atom. The summed E-state index contributed by atoms with van der Waals surface area (Å²) >= 11 is 0. The highest BCUT2D eigenvalue weighted by Crippen LogP contribution is 2.14. The van der Waals surface area contributed by atoms with E-state index in [1.807, 2.05) is 0 Å². The fourth-order valence-corrected chi connectivity index (χ4v) is 8.62. The first-order valence-electron chi connectivity index (χ1n) is 32.8. The van der Waals surface area contributed by atoms with Gasteiger partial charge in [-0.15, -0.1) is 0 Å². The van der Waals surface area contributed by atoms with E-state index in [1.54, 1.807) is 0 Å². The van der Waals surface area contributed by atoms with Crippen LogP contribution in [0.3, 0.4) is 0 Å². The molecule has 1 unspecified atom stereocenters. The Morgan fingerprint density at radius 3 is 0.800 bits per heavy atom. The molecule has 0 aliphatic rings. The van der Waals surface area contributed by atoms with Gasteiger partial charge in [0.25, 0.3) is 0 Å². The number of carbonyl (C=O) groups is 3. The third-order valence-electron chi connectivity index (χ3n) is 13.5. The maximum Gasteiger partial charge on any atom is 0.306 e. The smallest absolute Gasteiger partial charge is 0.306 e. The normalized spacial score (nSPS) is 13.1. The zero-order valence-electron chi connectivity index (χ0n) is 51.8. The Balaban J connectivity index is 4.37. The molecule has 0 aromatic rings. The van der Waals surface area contributed by atoms with Crippen LogP contribution in [0.2, 0.25) is 0 Å². The predicted molar refractivity (Wildman–Crippen MR) is 348 cm³/mol. The van der Waals surface area contributed by atoms with Crippen LogP contribution in [0.5, 0.6) is 0 Å². The van der Waals surface area contributed by atoms with Gasteiger partial charge < -0.3 is 14.2 Å². The van der Waals surface area contributed by atoms with Crippen molar-refractivity contribution in [3.8, 4) is 0 Å². The van der Waals surface area contributed by atoms with Crippen LogP contribution in [0.15, 0.2) is 146 Å². The lowest BCUT2D eigenvalue weighted by Crippen LogP contribution is -2.30. The third kappa shape index (κ3) is 64.1. The first-order valence-corrected chi connectivity index (χ1v) is 32.8. The summed E-state index contributed by atoms with van der Waals surface area (Å²) in [4.78, 5) is 38.3. The molecule has 0 heterocycles. The van der Waals surface area contributed by atoms with Crippen LogP contribution in [0.4, 0.5) is 0 Å². The van der Waals surface area contributed by atoms with Crippen LogP contribution in [-0.4, -0.2) is 37.2 Å². The van der Waals surface area contributed by atoms with Gasteiger partial charge in [-0.25, -0.2) is 0 Å². The minimum atomic E-state index is -0.801. The topological polar surface area (TPSA) is 78.9 Å². The fraction of sp³-hybridized carbons (Fsp3) is 0.635. The van der Waals surface area contributed by atoms with E-state index in [0.717, 1.165) is 161 Å². The lowest BCUT2D eigenvalue weighted by Gasteiger charge is -2.18. The van der Waals surface area contributed by atoms with Crippen LogP contribution in [0, 0.1) is 0 Å². The second-order valence-electron chi connectivity index (χ2n) is 21.3. The number of unbranched alkanes of at least 4 members (excludes halogenated alkanes) is 23. The minimum Gasteiger partial charge on any atom is -0.462 e. The zero-order valence-corrected chi connectivity index (χ0v) is 51.8. The van der Waals surface area contributed by atoms with Gasteiger partial charge in [-0.2, -0.15) is 0 Å². The Labute approximate surface area is 493 Å². The lowest BCUT2D eigenvalue weighted by atomic mass is 10.1. The highest BCUT2D eigenvalue weighted by molar-refractivity contribution is 5.71. The van der Waals surface area contributed by atoms with Gasteiger partial charge in [0.05, 0.1) is 0 Å². The summed E-state index contributed by atoms with van der Waals surface area (Å²) in [7, 11) is 0. The molecule has 0 bridgehead atoms. The molecule has 0 spiro atoms. The Bertz CT molecular complexity index is 1750. The minimum absolute atomic E-state index is 0.0973. The molecule has 0 saturated heterocycles. The monoisotopic (exact) mass is 1100 g/mol. The first-order chi connectivity index (χ1) is 39.5. The Morgan fingerprint density at radius 1 is 0.263 bits per heavy atom. The van der Waals surface area contributed by atoms with Gasteiger partial charge >= 0.3 is 17.9 Å². The fourth-order valence-electron chi connectivity index (χ4n) is 8.62. The average Bonchev–Trinajstić information content (AvgIpc) is 3.46. The summed E-state index contributed by atoms with van der Waals surface area (Å²) < 4.78 is 16.9. The Kier molecular flexibility index (Phi) is 62.9. The summed E-state index contributed by atoms with van der Waals surface area (Å²) in [5.41, 5.74) is 0. The van der Waals surface area contributed by atoms with Crippen molar-refractivity contribution < 1.29 is 28.6 Å². The van der Waals surface area contributed by atoms with Gasteiger partial charge in [0.2, 0.25) is 0 Å². The van der Waals surface area contributed by atoms with Crippen LogP contribution < -0.4 is 0 Å². The quantitative estimate of drug-likeness (QED) is 0.0261. The highest BCUT2D eigenvalue weighted by Gasteiger charge is 2.19. The molecular formula is C74H120O6. The van der Waals surface area contributed by atoms with E-state index in [9.17, 15) is 14.4 Å². The van der Waals surface area contributed by atoms with Crippen molar-refractivity contribution in [2.75, 3.05) is 13.2 Å². The summed E-state index contributed by atoms with van der Waals surface area (Å²) in [6.07, 6.45) is 95.6. The van der Waals surface area contributed by atoms with E-state index >= 15 is 0 Å². The molecule has 0 aliphatic carbocycles. The molecule has 0 radical (unpaired) electrons. The largest absolute Gasteiger partial charge is 0.462 e. The van der Waals surface area contributed by atoms with E-state index in [4.69, 9.17) is 14.2 Å². The third-order valence-corrected chi connectivity index (χ3v) is 13.5. The highest BCUT2D eigenvalue weighted by atomic mass is 16.6. The van der Waals surface area contributed by atoms with Crippen LogP contribution in [-0.2, 0) is 28.6 Å². The summed E-state index contributed by atoms with van der Waals surface area (Å²) in [6.45, 7) is 6.43. The number of carbonyl (C=O) groups excluding carboxylic acids is 3. The van der Waals surface area contributed by atoms with Gasteiger partial charge in [-0.05, 0) is 141 Å². The van der Waals surface area contributed by atoms with E-state index < -0.39 is 6.10 Å². The number of ether oxygens (including phenoxy) is 3. The average molecular weight is 1110 g/mol. The molecule has 0 N–H and O–H groups in total. The Hall–Kier alpha value is -4.71. The van der Waals surface area contributed by atoms with E-state index in [0.29, 0.717) is 19.3 Å². The first kappa shape index (κ1) is 75.3. The van der Waals surface area contributed by atoms with Gasteiger partial charge in [-0.3, -0.25) is 14.4 Å². The maximum atomic E-state index is 12.9. The van der Waals surface area contributed by atoms with E-state index in [2.05, 4.69) is 167 Å². The van der Waals surface area contributed by atoms with Gasteiger partial charge in [-0.1, -0.05) is 269 Å². The SMILES string of the molecule is CC/C=C\C/C=C\C/C=C\C/C=C\C/C=C\C/C=C\C/C=C\C/C=C\CCCCCCCCC(=O)OCC(COC(=O)CCCCCCC/C=C\C/C=C\CCCC)OC(=O)CCCCCCCCC/C=C\C/C=C\CCCCC. The molecular weight excluding hydrogens is 985 g/mol. The molecule has 6 nitrogen and oxygen atoms in total. The zero-order chi connectivity index (χ0) is 57.8. The summed E-state index contributed by atoms with van der Waals surface area (Å²) in [6, 6.07) is 0. The van der Waals surface area contributed by atoms with Crippen molar-refractivity contribution in [1.82, 2.24) is 0 Å². The molecule has 0 rings (SSSR count). The number of hydrogen-bond acceptors (Lipinski definition) is 6. The molecule has 6 heteroatoms. The molecule has 1 atom stereocenters. The number of allylic oxidation sites excluding steroid dienone is 24. The van der Waals surface area contributed by atoms with Crippen molar-refractivity contribution in [2.45, 2.75) is 290 Å². The van der Waals surface area contributed by atoms with Crippen molar-refractivity contribution in [2.24, 2.45) is 0 Å². The van der Waals surface area contributed by atoms with Crippen LogP contribution in [0.1, 0.15) is 284 Å². The summed E-state index contributed by atoms with van der Waals surface area (Å²) in [5.74, 6) is -0.932. The molecule has 80 heavy (non-hydrogen) atoms. The van der Waals surface area contributed by atoms with E-state index in [1.165, 1.54) is 83.5 Å².